The van der Waals surface area contributed by atoms with E-state index in [1.807, 2.05) is 44.2 Å². The van der Waals surface area contributed by atoms with E-state index in [1.165, 1.54) is 16.7 Å². The van der Waals surface area contributed by atoms with Crippen LogP contribution < -0.4 is 0 Å². The Bertz CT molecular complexity index is 1080. The van der Waals surface area contributed by atoms with Crippen LogP contribution in [0.5, 0.6) is 0 Å². The van der Waals surface area contributed by atoms with Gasteiger partial charge in [0.15, 0.2) is 0 Å². The summed E-state index contributed by atoms with van der Waals surface area (Å²) in [5.74, 6) is -1.82. The Balaban J connectivity index is 1.36. The zero-order valence-corrected chi connectivity index (χ0v) is 17.8. The van der Waals surface area contributed by atoms with Crippen molar-refractivity contribution in [3.8, 4) is 0 Å². The number of nitrogens with zero attached hydrogens (tertiary/aromatic N) is 2. The number of hydrogen-bond acceptors (Lipinski definition) is 6. The summed E-state index contributed by atoms with van der Waals surface area (Å²) >= 11 is 1.42. The Kier molecular flexibility index (Phi) is 4.44. The molecule has 2 aromatic rings. The van der Waals surface area contributed by atoms with Crippen LogP contribution in [0.4, 0.5) is 0 Å². The smallest absolute Gasteiger partial charge is 0.330 e. The van der Waals surface area contributed by atoms with Gasteiger partial charge in [-0.05, 0) is 31.5 Å². The van der Waals surface area contributed by atoms with Crippen molar-refractivity contribution in [3.63, 3.8) is 0 Å². The molecule has 8 heteroatoms. The molecule has 0 bridgehead atoms. The summed E-state index contributed by atoms with van der Waals surface area (Å²) < 4.78 is 4.89. The number of ether oxygens (including phenoxy) is 1. The molecule has 3 amide bonds. The molecule has 2 fully saturated rings. The van der Waals surface area contributed by atoms with E-state index in [9.17, 15) is 19.2 Å². The molecule has 3 atom stereocenters. The highest BCUT2D eigenvalue weighted by atomic mass is 32.2. The summed E-state index contributed by atoms with van der Waals surface area (Å²) in [6.45, 7) is 3.86. The topological polar surface area (TPSA) is 84.0 Å². The fourth-order valence-corrected chi connectivity index (χ4v) is 6.15. The van der Waals surface area contributed by atoms with Gasteiger partial charge < -0.3 is 9.64 Å². The van der Waals surface area contributed by atoms with E-state index in [0.717, 1.165) is 10.5 Å². The van der Waals surface area contributed by atoms with E-state index >= 15 is 0 Å². The van der Waals surface area contributed by atoms with Crippen molar-refractivity contribution in [2.75, 3.05) is 0 Å². The van der Waals surface area contributed by atoms with Gasteiger partial charge in [-0.1, -0.05) is 42.5 Å². The van der Waals surface area contributed by atoms with Gasteiger partial charge >= 0.3 is 5.97 Å². The lowest BCUT2D eigenvalue weighted by molar-refractivity contribution is -0.166. The second kappa shape index (κ2) is 6.95. The zero-order chi connectivity index (χ0) is 21.9. The number of β-lactam (4-membered cyclic amide) rings is 1. The summed E-state index contributed by atoms with van der Waals surface area (Å²) in [6, 6.07) is 14.2. The first-order valence-corrected chi connectivity index (χ1v) is 10.9. The molecule has 0 unspecified atom stereocenters. The molecule has 3 aliphatic heterocycles. The molecule has 0 radical (unpaired) electrons. The minimum absolute atomic E-state index is 0.117. The highest BCUT2D eigenvalue weighted by molar-refractivity contribution is 8.01. The number of imide groups is 1. The normalized spacial score (nSPS) is 25.9. The molecule has 31 heavy (non-hydrogen) atoms. The predicted octanol–water partition coefficient (Wildman–Crippen LogP) is 2.46. The highest BCUT2D eigenvalue weighted by Gasteiger charge is 2.67. The number of benzene rings is 2. The van der Waals surface area contributed by atoms with Crippen LogP contribution in [0.25, 0.3) is 0 Å². The third-order valence-electron chi connectivity index (χ3n) is 5.96. The minimum atomic E-state index is -0.913. The lowest BCUT2D eigenvalue weighted by Gasteiger charge is -2.46. The summed E-state index contributed by atoms with van der Waals surface area (Å²) in [5, 5.41) is -0.473. The molecule has 0 spiro atoms. The molecule has 0 saturated carbocycles. The van der Waals surface area contributed by atoms with Gasteiger partial charge in [-0.3, -0.25) is 19.3 Å². The van der Waals surface area contributed by atoms with Crippen LogP contribution in [0, 0.1) is 0 Å². The van der Waals surface area contributed by atoms with Crippen molar-refractivity contribution in [1.29, 1.82) is 0 Å². The number of fused-ring (bicyclic) bond motifs is 2. The van der Waals surface area contributed by atoms with Crippen molar-refractivity contribution < 1.29 is 23.9 Å². The van der Waals surface area contributed by atoms with Crippen molar-refractivity contribution in [3.05, 3.63) is 71.3 Å². The summed E-state index contributed by atoms with van der Waals surface area (Å²) in [5.41, 5.74) is 1.47. The number of hydrogen-bond donors (Lipinski definition) is 0. The van der Waals surface area contributed by atoms with Crippen LogP contribution >= 0.6 is 11.8 Å². The van der Waals surface area contributed by atoms with Gasteiger partial charge in [-0.25, -0.2) is 4.79 Å². The van der Waals surface area contributed by atoms with Gasteiger partial charge in [0.05, 0.1) is 11.1 Å². The van der Waals surface area contributed by atoms with Crippen molar-refractivity contribution in [1.82, 2.24) is 9.80 Å². The van der Waals surface area contributed by atoms with Gasteiger partial charge in [-0.15, -0.1) is 11.8 Å². The number of amides is 3. The first kappa shape index (κ1) is 19.8. The van der Waals surface area contributed by atoms with Gasteiger partial charge in [0.2, 0.25) is 0 Å². The first-order valence-electron chi connectivity index (χ1n) is 9.99. The lowest BCUT2D eigenvalue weighted by Crippen LogP contribution is -2.71. The molecule has 158 valence electrons. The van der Waals surface area contributed by atoms with E-state index in [-0.39, 0.29) is 6.61 Å². The summed E-state index contributed by atoms with van der Waals surface area (Å²) in [4.78, 5) is 54.2. The average molecular weight is 436 g/mol. The molecule has 3 heterocycles. The van der Waals surface area contributed by atoms with Crippen LogP contribution in [-0.4, -0.2) is 55.7 Å². The van der Waals surface area contributed by atoms with Crippen LogP contribution in [0.15, 0.2) is 54.6 Å². The molecule has 2 aromatic carbocycles. The van der Waals surface area contributed by atoms with Crippen LogP contribution in [-0.2, 0) is 20.9 Å². The van der Waals surface area contributed by atoms with E-state index in [4.69, 9.17) is 4.74 Å². The zero-order valence-electron chi connectivity index (χ0n) is 17.0. The average Bonchev–Trinajstić information content (AvgIpc) is 3.16. The lowest BCUT2D eigenvalue weighted by atomic mass is 9.95. The van der Waals surface area contributed by atoms with E-state index in [1.54, 1.807) is 24.3 Å². The maximum atomic E-state index is 13.1. The largest absolute Gasteiger partial charge is 0.459 e. The molecule has 0 aromatic heterocycles. The number of carbonyl (C=O) groups is 4. The van der Waals surface area contributed by atoms with Gasteiger partial charge in [-0.2, -0.15) is 0 Å². The Labute approximate surface area is 183 Å². The molecule has 2 saturated heterocycles. The molecule has 7 nitrogen and oxygen atoms in total. The van der Waals surface area contributed by atoms with Crippen LogP contribution in [0.2, 0.25) is 0 Å². The Morgan fingerprint density at radius 3 is 2.16 bits per heavy atom. The molecule has 3 aliphatic rings. The van der Waals surface area contributed by atoms with Crippen molar-refractivity contribution in [2.24, 2.45) is 0 Å². The predicted molar refractivity (Wildman–Crippen MR) is 113 cm³/mol. The van der Waals surface area contributed by atoms with E-state index in [0.29, 0.717) is 11.1 Å². The number of rotatable bonds is 4. The van der Waals surface area contributed by atoms with Gasteiger partial charge in [0.1, 0.15) is 24.1 Å². The fourth-order valence-electron chi connectivity index (χ4n) is 4.48. The standard InChI is InChI=1S/C23H20N2O5S/c1-23(2)17(22(29)30-12-13-8-4-3-5-9-13)25-20(28)16(21(25)31-23)24-18(26)14-10-6-7-11-15(14)19(24)27/h3-11,16-17,21H,12H2,1-2H3/t16-,17-,21+/m0/s1. The molecular weight excluding hydrogens is 416 g/mol. The van der Waals surface area contributed by atoms with Crippen LogP contribution in [0.3, 0.4) is 0 Å². The Hall–Kier alpha value is -3.13. The number of carbonyl (C=O) groups excluding carboxylic acids is 4. The maximum Gasteiger partial charge on any atom is 0.330 e. The van der Waals surface area contributed by atoms with Crippen molar-refractivity contribution in [2.45, 2.75) is 42.7 Å². The first-order chi connectivity index (χ1) is 14.8. The summed E-state index contributed by atoms with van der Waals surface area (Å²) in [6.07, 6.45) is 0. The second-order valence-electron chi connectivity index (χ2n) is 8.32. The molecule has 0 N–H and O–H groups in total. The van der Waals surface area contributed by atoms with Crippen molar-refractivity contribution >= 4 is 35.5 Å². The van der Waals surface area contributed by atoms with E-state index < -0.39 is 45.9 Å². The third-order valence-corrected chi connectivity index (χ3v) is 7.52. The molecular formula is C23H20N2O5S. The molecule has 0 aliphatic carbocycles. The quantitative estimate of drug-likeness (QED) is 0.416. The number of esters is 1. The minimum Gasteiger partial charge on any atom is -0.459 e. The van der Waals surface area contributed by atoms with Gasteiger partial charge in [0.25, 0.3) is 17.7 Å². The Morgan fingerprint density at radius 2 is 1.55 bits per heavy atom. The Morgan fingerprint density at radius 1 is 0.968 bits per heavy atom. The second-order valence-corrected chi connectivity index (χ2v) is 10.1. The van der Waals surface area contributed by atoms with Gasteiger partial charge in [0, 0.05) is 4.75 Å². The van der Waals surface area contributed by atoms with E-state index in [2.05, 4.69) is 0 Å². The monoisotopic (exact) mass is 436 g/mol. The fraction of sp³-hybridized carbons (Fsp3) is 0.304. The maximum absolute atomic E-state index is 13.1. The number of thioether (sulfide) groups is 1. The SMILES string of the molecule is CC1(C)S[C@@H]2[C@@H](N3C(=O)c4ccccc4C3=O)C(=O)N2[C@H]1C(=O)OCc1ccccc1. The third kappa shape index (κ3) is 2.89. The highest BCUT2D eigenvalue weighted by Crippen LogP contribution is 2.53. The summed E-state index contributed by atoms with van der Waals surface area (Å²) in [7, 11) is 0. The van der Waals surface area contributed by atoms with Crippen LogP contribution in [0.1, 0.15) is 40.1 Å². The molecule has 5 rings (SSSR count).